The first-order valence-corrected chi connectivity index (χ1v) is 13.1. The van der Waals surface area contributed by atoms with Crippen LogP contribution >= 0.6 is 0 Å². The van der Waals surface area contributed by atoms with Crippen molar-refractivity contribution in [2.24, 2.45) is 0 Å². The van der Waals surface area contributed by atoms with Gasteiger partial charge in [-0.3, -0.25) is 5.32 Å². The van der Waals surface area contributed by atoms with Crippen LogP contribution in [0.15, 0.2) is 24.3 Å². The van der Waals surface area contributed by atoms with Gasteiger partial charge in [0.05, 0.1) is 6.61 Å². The molecule has 0 heterocycles. The number of hydrogen-bond acceptors (Lipinski definition) is 4. The highest BCUT2D eigenvalue weighted by Gasteiger charge is 2.04. The molecular weight excluding hydrogens is 400 g/mol. The topological polar surface area (TPSA) is 50.8 Å². The molecule has 0 spiro atoms. The first-order chi connectivity index (χ1) is 15.7. The second-order valence-electron chi connectivity index (χ2n) is 8.55. The van der Waals surface area contributed by atoms with Crippen molar-refractivity contribution in [3.63, 3.8) is 0 Å². The Bertz CT molecular complexity index is 559. The Morgan fingerprint density at radius 3 is 1.81 bits per heavy atom. The average Bonchev–Trinajstić information content (AvgIpc) is 2.81. The van der Waals surface area contributed by atoms with E-state index >= 15 is 0 Å². The molecule has 5 heteroatoms. The van der Waals surface area contributed by atoms with E-state index in [-0.39, 0.29) is 6.09 Å². The number of amides is 1. The Balaban J connectivity index is 1.99. The van der Waals surface area contributed by atoms with Gasteiger partial charge in [0.2, 0.25) is 0 Å². The summed E-state index contributed by atoms with van der Waals surface area (Å²) in [5.74, 6) is 0.813. The molecule has 1 N–H and O–H groups in total. The molecular formula is C27H48N2O3. The first-order valence-electron chi connectivity index (χ1n) is 13.1. The molecule has 32 heavy (non-hydrogen) atoms. The van der Waals surface area contributed by atoms with Crippen LogP contribution in [0.4, 0.5) is 10.5 Å². The summed E-state index contributed by atoms with van der Waals surface area (Å²) in [6, 6.07) is 7.45. The maximum absolute atomic E-state index is 11.9. The fourth-order valence-corrected chi connectivity index (χ4v) is 3.73. The molecule has 1 aromatic carbocycles. The molecule has 0 unspecified atom stereocenters. The van der Waals surface area contributed by atoms with Crippen LogP contribution in [0.5, 0.6) is 5.75 Å². The molecule has 0 bridgehead atoms. The minimum absolute atomic E-state index is 0.386. The molecule has 184 valence electrons. The normalized spacial score (nSPS) is 11.0. The van der Waals surface area contributed by atoms with Gasteiger partial charge < -0.3 is 14.4 Å². The predicted molar refractivity (Wildman–Crippen MR) is 136 cm³/mol. The van der Waals surface area contributed by atoms with E-state index in [0.717, 1.165) is 43.9 Å². The molecule has 0 atom stereocenters. The molecule has 1 amide bonds. The van der Waals surface area contributed by atoms with Crippen LogP contribution < -0.4 is 10.1 Å². The van der Waals surface area contributed by atoms with E-state index in [9.17, 15) is 4.79 Å². The van der Waals surface area contributed by atoms with Crippen LogP contribution in [0, 0.1) is 0 Å². The molecule has 0 saturated carbocycles. The average molecular weight is 449 g/mol. The van der Waals surface area contributed by atoms with E-state index in [1.54, 1.807) is 0 Å². The molecule has 0 fully saturated rings. The van der Waals surface area contributed by atoms with E-state index in [0.29, 0.717) is 13.2 Å². The monoisotopic (exact) mass is 448 g/mol. The zero-order valence-electron chi connectivity index (χ0n) is 21.0. The molecule has 1 aromatic rings. The lowest BCUT2D eigenvalue weighted by Crippen LogP contribution is -2.27. The largest absolute Gasteiger partial charge is 0.492 e. The van der Waals surface area contributed by atoms with Crippen molar-refractivity contribution >= 4 is 11.8 Å². The fraction of sp³-hybridized carbons (Fsp3) is 0.741. The number of likely N-dealkylation sites (N-methyl/N-ethyl adjacent to an activating group) is 1. The van der Waals surface area contributed by atoms with Crippen LogP contribution in [0.3, 0.4) is 0 Å². The Labute approximate surface area is 197 Å². The van der Waals surface area contributed by atoms with Crippen molar-refractivity contribution in [2.75, 3.05) is 38.2 Å². The second-order valence-corrected chi connectivity index (χ2v) is 8.55. The summed E-state index contributed by atoms with van der Waals surface area (Å²) in [6.45, 7) is 10.7. The standard InChI is InChI=1S/C27H48N2O3/c1-4-7-8-9-10-11-12-13-14-15-16-17-23-32-27(30)28-25-18-20-26(21-19-25)31-24-22-29(5-2)6-3/h18-21H,4-17,22-24H2,1-3H3,(H,28,30). The van der Waals surface area contributed by atoms with Crippen molar-refractivity contribution < 1.29 is 14.3 Å². The molecule has 0 radical (unpaired) electrons. The van der Waals surface area contributed by atoms with Crippen LogP contribution in [-0.4, -0.2) is 43.8 Å². The third kappa shape index (κ3) is 15.1. The summed E-state index contributed by atoms with van der Waals surface area (Å²) in [7, 11) is 0. The molecule has 1 rings (SSSR count). The van der Waals surface area contributed by atoms with Gasteiger partial charge in [-0.25, -0.2) is 4.79 Å². The quantitative estimate of drug-likeness (QED) is 0.208. The molecule has 0 aliphatic rings. The van der Waals surface area contributed by atoms with Crippen molar-refractivity contribution in [3.8, 4) is 5.75 Å². The summed E-state index contributed by atoms with van der Waals surface area (Å²) in [5, 5.41) is 2.78. The highest BCUT2D eigenvalue weighted by molar-refractivity contribution is 5.84. The summed E-state index contributed by atoms with van der Waals surface area (Å²) in [6.07, 6.45) is 15.2. The highest BCUT2D eigenvalue weighted by Crippen LogP contribution is 2.16. The number of rotatable bonds is 20. The van der Waals surface area contributed by atoms with Gasteiger partial charge in [-0.2, -0.15) is 0 Å². The van der Waals surface area contributed by atoms with Gasteiger partial charge >= 0.3 is 6.09 Å². The molecule has 0 saturated heterocycles. The van der Waals surface area contributed by atoms with E-state index in [1.807, 2.05) is 24.3 Å². The predicted octanol–water partition coefficient (Wildman–Crippen LogP) is 7.66. The lowest BCUT2D eigenvalue weighted by atomic mass is 10.1. The Kier molecular flexibility index (Phi) is 17.6. The van der Waals surface area contributed by atoms with Gasteiger partial charge in [0.25, 0.3) is 0 Å². The SMILES string of the molecule is CCCCCCCCCCCCCCOC(=O)Nc1ccc(OCCN(CC)CC)cc1. The molecule has 5 nitrogen and oxygen atoms in total. The summed E-state index contributed by atoms with van der Waals surface area (Å²) >= 11 is 0. The van der Waals surface area contributed by atoms with Gasteiger partial charge in [0.1, 0.15) is 12.4 Å². The highest BCUT2D eigenvalue weighted by atomic mass is 16.5. The molecule has 0 aliphatic carbocycles. The zero-order valence-corrected chi connectivity index (χ0v) is 21.0. The molecule has 0 aliphatic heterocycles. The van der Waals surface area contributed by atoms with E-state index in [1.165, 1.54) is 64.2 Å². The van der Waals surface area contributed by atoms with E-state index in [4.69, 9.17) is 9.47 Å². The maximum Gasteiger partial charge on any atom is 0.411 e. The first kappa shape index (κ1) is 28.3. The summed E-state index contributed by atoms with van der Waals surface area (Å²) in [5.41, 5.74) is 0.723. The lowest BCUT2D eigenvalue weighted by molar-refractivity contribution is 0.159. The van der Waals surface area contributed by atoms with Gasteiger partial charge in [-0.05, 0) is 43.8 Å². The second kappa shape index (κ2) is 19.9. The van der Waals surface area contributed by atoms with Crippen LogP contribution in [0.25, 0.3) is 0 Å². The van der Waals surface area contributed by atoms with Gasteiger partial charge in [0.15, 0.2) is 0 Å². The van der Waals surface area contributed by atoms with Crippen molar-refractivity contribution in [1.29, 1.82) is 0 Å². The van der Waals surface area contributed by atoms with Gasteiger partial charge in [-0.1, -0.05) is 91.4 Å². The summed E-state index contributed by atoms with van der Waals surface area (Å²) < 4.78 is 11.1. The number of nitrogens with zero attached hydrogens (tertiary/aromatic N) is 1. The lowest BCUT2D eigenvalue weighted by Gasteiger charge is -2.18. The van der Waals surface area contributed by atoms with E-state index < -0.39 is 0 Å². The minimum Gasteiger partial charge on any atom is -0.492 e. The Hall–Kier alpha value is -1.75. The summed E-state index contributed by atoms with van der Waals surface area (Å²) in [4.78, 5) is 14.3. The van der Waals surface area contributed by atoms with Crippen LogP contribution in [-0.2, 0) is 4.74 Å². The number of hydrogen-bond donors (Lipinski definition) is 1. The Morgan fingerprint density at radius 2 is 1.28 bits per heavy atom. The third-order valence-electron chi connectivity index (χ3n) is 5.90. The van der Waals surface area contributed by atoms with Gasteiger partial charge in [0, 0.05) is 12.2 Å². The number of carbonyl (C=O) groups is 1. The number of unbranched alkanes of at least 4 members (excludes halogenated alkanes) is 11. The fourth-order valence-electron chi connectivity index (χ4n) is 3.73. The van der Waals surface area contributed by atoms with Crippen molar-refractivity contribution in [3.05, 3.63) is 24.3 Å². The van der Waals surface area contributed by atoms with Crippen molar-refractivity contribution in [2.45, 2.75) is 97.8 Å². The molecule has 0 aromatic heterocycles. The Morgan fingerprint density at radius 1 is 0.750 bits per heavy atom. The number of anilines is 1. The van der Waals surface area contributed by atoms with Crippen LogP contribution in [0.1, 0.15) is 97.8 Å². The van der Waals surface area contributed by atoms with Crippen molar-refractivity contribution in [1.82, 2.24) is 4.90 Å². The third-order valence-corrected chi connectivity index (χ3v) is 5.90. The number of nitrogens with one attached hydrogen (secondary N) is 1. The number of benzene rings is 1. The van der Waals surface area contributed by atoms with Gasteiger partial charge in [-0.15, -0.1) is 0 Å². The van der Waals surface area contributed by atoms with Crippen LogP contribution in [0.2, 0.25) is 0 Å². The number of ether oxygens (including phenoxy) is 2. The smallest absolute Gasteiger partial charge is 0.411 e. The maximum atomic E-state index is 11.9. The zero-order chi connectivity index (χ0) is 23.3. The number of carbonyl (C=O) groups excluding carboxylic acids is 1. The van der Waals surface area contributed by atoms with E-state index in [2.05, 4.69) is 31.0 Å². The minimum atomic E-state index is -0.386.